The molecule has 3 N–H and O–H groups in total. The smallest absolute Gasteiger partial charge is 0.249 e. The molecule has 0 aromatic heterocycles. The number of nitrogens with one attached hydrogen (secondary N) is 1. The summed E-state index contributed by atoms with van der Waals surface area (Å²) in [4.78, 5) is 11.8. The first kappa shape index (κ1) is 12.5. The lowest BCUT2D eigenvalue weighted by atomic mass is 9.97. The van der Waals surface area contributed by atoms with E-state index in [2.05, 4.69) is 5.32 Å². The molecule has 0 spiro atoms. The first-order valence-corrected chi connectivity index (χ1v) is 5.72. The number of rotatable bonds is 5. The third kappa shape index (κ3) is 2.92. The van der Waals surface area contributed by atoms with Crippen molar-refractivity contribution in [1.82, 2.24) is 5.32 Å². The maximum Gasteiger partial charge on any atom is 0.249 e. The van der Waals surface area contributed by atoms with Gasteiger partial charge in [-0.2, -0.15) is 0 Å². The van der Waals surface area contributed by atoms with Crippen molar-refractivity contribution in [1.29, 1.82) is 0 Å². The minimum absolute atomic E-state index is 0.0210. The molecular formula is C11H22N2O2. The van der Waals surface area contributed by atoms with Gasteiger partial charge in [-0.15, -0.1) is 0 Å². The Morgan fingerprint density at radius 3 is 2.53 bits per heavy atom. The molecule has 4 nitrogen and oxygen atoms in total. The maximum atomic E-state index is 11.8. The van der Waals surface area contributed by atoms with Gasteiger partial charge in [0.25, 0.3) is 0 Å². The van der Waals surface area contributed by atoms with Crippen molar-refractivity contribution in [3.63, 3.8) is 0 Å². The lowest BCUT2D eigenvalue weighted by Crippen LogP contribution is -2.54. The van der Waals surface area contributed by atoms with Gasteiger partial charge in [-0.1, -0.05) is 19.8 Å². The highest BCUT2D eigenvalue weighted by Gasteiger charge is 2.35. The maximum absolute atomic E-state index is 11.8. The average molecular weight is 214 g/mol. The van der Waals surface area contributed by atoms with Gasteiger partial charge in [0.05, 0.1) is 5.54 Å². The van der Waals surface area contributed by atoms with Crippen LogP contribution in [0.5, 0.6) is 0 Å². The normalized spacial score (nSPS) is 21.3. The van der Waals surface area contributed by atoms with Crippen LogP contribution in [0.2, 0.25) is 0 Å². The van der Waals surface area contributed by atoms with Gasteiger partial charge < -0.3 is 15.8 Å². The highest BCUT2D eigenvalue weighted by atomic mass is 16.5. The van der Waals surface area contributed by atoms with E-state index in [0.29, 0.717) is 13.0 Å². The molecule has 1 saturated carbocycles. The molecule has 1 rings (SSSR count). The third-order valence-corrected chi connectivity index (χ3v) is 3.29. The van der Waals surface area contributed by atoms with Crippen molar-refractivity contribution in [2.45, 2.75) is 50.7 Å². The summed E-state index contributed by atoms with van der Waals surface area (Å²) in [6, 6.07) is 0. The molecule has 1 amide bonds. The van der Waals surface area contributed by atoms with E-state index < -0.39 is 0 Å². The minimum Gasteiger partial charge on any atom is -0.372 e. The molecule has 0 heterocycles. The van der Waals surface area contributed by atoms with E-state index >= 15 is 0 Å². The Hall–Kier alpha value is -0.610. The molecule has 1 atom stereocenters. The lowest BCUT2D eigenvalue weighted by molar-refractivity contribution is -0.133. The number of carbonyl (C=O) groups is 1. The topological polar surface area (TPSA) is 64.3 Å². The number of nitrogens with two attached hydrogens (primary N) is 1. The predicted molar refractivity (Wildman–Crippen MR) is 59.5 cm³/mol. The number of ether oxygens (including phenoxy) is 1. The van der Waals surface area contributed by atoms with Crippen LogP contribution in [0.15, 0.2) is 0 Å². The highest BCUT2D eigenvalue weighted by molar-refractivity contribution is 5.81. The summed E-state index contributed by atoms with van der Waals surface area (Å²) in [6.07, 6.45) is 4.66. The van der Waals surface area contributed by atoms with E-state index in [4.69, 9.17) is 10.5 Å². The second-order valence-electron chi connectivity index (χ2n) is 4.31. The second kappa shape index (κ2) is 5.47. The van der Waals surface area contributed by atoms with Crippen molar-refractivity contribution < 1.29 is 9.53 Å². The van der Waals surface area contributed by atoms with Crippen LogP contribution in [0.4, 0.5) is 0 Å². The standard InChI is InChI=1S/C11H22N2O2/c1-3-9(15-2)10(14)13-11(8-12)6-4-5-7-11/h9H,3-8,12H2,1-2H3,(H,13,14). The van der Waals surface area contributed by atoms with Crippen molar-refractivity contribution in [3.8, 4) is 0 Å². The molecule has 0 radical (unpaired) electrons. The zero-order valence-corrected chi connectivity index (χ0v) is 9.71. The Morgan fingerprint density at radius 1 is 1.53 bits per heavy atom. The number of carbonyl (C=O) groups excluding carboxylic acids is 1. The molecule has 0 aromatic rings. The summed E-state index contributed by atoms with van der Waals surface area (Å²) in [6.45, 7) is 2.47. The van der Waals surface area contributed by atoms with Crippen LogP contribution >= 0.6 is 0 Å². The van der Waals surface area contributed by atoms with Crippen LogP contribution in [0, 0.1) is 0 Å². The molecule has 1 aliphatic rings. The lowest BCUT2D eigenvalue weighted by Gasteiger charge is -2.30. The van der Waals surface area contributed by atoms with Crippen molar-refractivity contribution in [2.24, 2.45) is 5.73 Å². The number of hydrogen-bond acceptors (Lipinski definition) is 3. The van der Waals surface area contributed by atoms with Gasteiger partial charge in [-0.05, 0) is 19.3 Å². The van der Waals surface area contributed by atoms with Gasteiger partial charge in [0.2, 0.25) is 5.91 Å². The van der Waals surface area contributed by atoms with Crippen molar-refractivity contribution in [2.75, 3.05) is 13.7 Å². The van der Waals surface area contributed by atoms with Crippen LogP contribution < -0.4 is 11.1 Å². The molecule has 1 fully saturated rings. The number of hydrogen-bond donors (Lipinski definition) is 2. The molecular weight excluding hydrogens is 192 g/mol. The van der Waals surface area contributed by atoms with Gasteiger partial charge >= 0.3 is 0 Å². The molecule has 1 aliphatic carbocycles. The second-order valence-corrected chi connectivity index (χ2v) is 4.31. The fourth-order valence-corrected chi connectivity index (χ4v) is 2.23. The molecule has 88 valence electrons. The fourth-order valence-electron chi connectivity index (χ4n) is 2.23. The monoisotopic (exact) mass is 214 g/mol. The summed E-state index contributed by atoms with van der Waals surface area (Å²) in [5.74, 6) is -0.0210. The predicted octanol–water partition coefficient (Wildman–Crippen LogP) is 0.799. The Kier molecular flexibility index (Phi) is 4.54. The van der Waals surface area contributed by atoms with E-state index in [0.717, 1.165) is 25.7 Å². The molecule has 4 heteroatoms. The van der Waals surface area contributed by atoms with Crippen molar-refractivity contribution >= 4 is 5.91 Å². The van der Waals surface area contributed by atoms with Gasteiger partial charge in [0.15, 0.2) is 0 Å². The van der Waals surface area contributed by atoms with E-state index in [-0.39, 0.29) is 17.6 Å². The Balaban J connectivity index is 2.54. The van der Waals surface area contributed by atoms with Crippen molar-refractivity contribution in [3.05, 3.63) is 0 Å². The summed E-state index contributed by atoms with van der Waals surface area (Å²) in [7, 11) is 1.57. The molecule has 1 unspecified atom stereocenters. The largest absolute Gasteiger partial charge is 0.372 e. The average Bonchev–Trinajstić information content (AvgIpc) is 2.69. The van der Waals surface area contributed by atoms with Crippen LogP contribution in [-0.4, -0.2) is 31.2 Å². The first-order chi connectivity index (χ1) is 7.17. The molecule has 0 saturated heterocycles. The van der Waals surface area contributed by atoms with E-state index in [1.54, 1.807) is 7.11 Å². The Bertz CT molecular complexity index is 209. The quantitative estimate of drug-likeness (QED) is 0.711. The highest BCUT2D eigenvalue weighted by Crippen LogP contribution is 2.28. The molecule has 15 heavy (non-hydrogen) atoms. The fraction of sp³-hybridized carbons (Fsp3) is 0.909. The van der Waals surface area contributed by atoms with Gasteiger partial charge in [0.1, 0.15) is 6.10 Å². The zero-order valence-electron chi connectivity index (χ0n) is 9.71. The van der Waals surface area contributed by atoms with Crippen LogP contribution in [0.1, 0.15) is 39.0 Å². The van der Waals surface area contributed by atoms with E-state index in [1.165, 1.54) is 0 Å². The van der Waals surface area contributed by atoms with E-state index in [9.17, 15) is 4.79 Å². The SMILES string of the molecule is CCC(OC)C(=O)NC1(CN)CCCC1. The molecule has 0 aromatic carbocycles. The van der Waals surface area contributed by atoms with Gasteiger partial charge in [0, 0.05) is 13.7 Å². The summed E-state index contributed by atoms with van der Waals surface area (Å²) >= 11 is 0. The minimum atomic E-state index is -0.339. The number of amides is 1. The van der Waals surface area contributed by atoms with Crippen LogP contribution in [0.3, 0.4) is 0 Å². The number of methoxy groups -OCH3 is 1. The zero-order chi connectivity index (χ0) is 11.3. The van der Waals surface area contributed by atoms with Gasteiger partial charge in [-0.3, -0.25) is 4.79 Å². The van der Waals surface area contributed by atoms with E-state index in [1.807, 2.05) is 6.92 Å². The van der Waals surface area contributed by atoms with Crippen LogP contribution in [-0.2, 0) is 9.53 Å². The third-order valence-electron chi connectivity index (χ3n) is 3.29. The molecule has 0 bridgehead atoms. The van der Waals surface area contributed by atoms with Crippen LogP contribution in [0.25, 0.3) is 0 Å². The summed E-state index contributed by atoms with van der Waals surface area (Å²) in [5, 5.41) is 3.06. The Labute approximate surface area is 91.5 Å². The van der Waals surface area contributed by atoms with Gasteiger partial charge in [-0.25, -0.2) is 0 Å². The summed E-state index contributed by atoms with van der Waals surface area (Å²) < 4.78 is 5.11. The summed E-state index contributed by atoms with van der Waals surface area (Å²) in [5.41, 5.74) is 5.58. The Morgan fingerprint density at radius 2 is 2.13 bits per heavy atom. The first-order valence-electron chi connectivity index (χ1n) is 5.72. The molecule has 0 aliphatic heterocycles.